The summed E-state index contributed by atoms with van der Waals surface area (Å²) in [4.78, 5) is 35.7. The lowest BCUT2D eigenvalue weighted by atomic mass is 10.1. The Labute approximate surface area is 101 Å². The molecule has 0 spiro atoms. The van der Waals surface area contributed by atoms with E-state index in [2.05, 4.69) is 10.6 Å². The van der Waals surface area contributed by atoms with Crippen LogP contribution in [0.15, 0.2) is 0 Å². The maximum Gasteiger partial charge on any atom is 0.325 e. The first-order valence-corrected chi connectivity index (χ1v) is 5.65. The zero-order chi connectivity index (χ0) is 13.2. The molecule has 1 aliphatic heterocycles. The average Bonchev–Trinajstić information content (AvgIpc) is 2.38. The number of hydrogen-bond acceptors (Lipinski definition) is 3. The van der Waals surface area contributed by atoms with Gasteiger partial charge in [-0.05, 0) is 19.8 Å². The topological polar surface area (TPSA) is 78.5 Å². The second-order valence-electron chi connectivity index (χ2n) is 5.14. The fourth-order valence-electron chi connectivity index (χ4n) is 1.48. The molecule has 1 rings (SSSR count). The number of nitrogens with zero attached hydrogens (tertiary/aromatic N) is 1. The van der Waals surface area contributed by atoms with Crippen LogP contribution < -0.4 is 10.6 Å². The summed E-state index contributed by atoms with van der Waals surface area (Å²) in [6, 6.07) is -0.514. The highest BCUT2D eigenvalue weighted by molar-refractivity contribution is 6.08. The van der Waals surface area contributed by atoms with Crippen molar-refractivity contribution in [3.05, 3.63) is 0 Å². The van der Waals surface area contributed by atoms with Crippen molar-refractivity contribution in [2.45, 2.75) is 33.2 Å². The smallest absolute Gasteiger partial charge is 0.325 e. The molecular weight excluding hydrogens is 222 g/mol. The van der Waals surface area contributed by atoms with Crippen LogP contribution in [0, 0.1) is 5.92 Å². The molecule has 0 bridgehead atoms. The van der Waals surface area contributed by atoms with Gasteiger partial charge in [0, 0.05) is 6.54 Å². The minimum absolute atomic E-state index is 0.221. The molecule has 1 heterocycles. The highest BCUT2D eigenvalue weighted by atomic mass is 16.2. The molecule has 0 aromatic rings. The average molecular weight is 241 g/mol. The van der Waals surface area contributed by atoms with E-state index < -0.39 is 11.6 Å². The van der Waals surface area contributed by atoms with Crippen molar-refractivity contribution < 1.29 is 14.4 Å². The van der Waals surface area contributed by atoms with Crippen LogP contribution in [0.5, 0.6) is 0 Å². The minimum Gasteiger partial charge on any atom is -0.354 e. The van der Waals surface area contributed by atoms with E-state index in [-0.39, 0.29) is 18.4 Å². The largest absolute Gasteiger partial charge is 0.354 e. The molecule has 17 heavy (non-hydrogen) atoms. The van der Waals surface area contributed by atoms with Gasteiger partial charge in [-0.3, -0.25) is 14.5 Å². The van der Waals surface area contributed by atoms with Gasteiger partial charge in [0.25, 0.3) is 5.91 Å². The van der Waals surface area contributed by atoms with E-state index in [0.29, 0.717) is 12.5 Å². The predicted octanol–water partition coefficient (Wildman–Crippen LogP) is 0.0890. The van der Waals surface area contributed by atoms with Crippen LogP contribution in [-0.4, -0.2) is 41.4 Å². The van der Waals surface area contributed by atoms with Gasteiger partial charge in [-0.25, -0.2) is 4.79 Å². The summed E-state index contributed by atoms with van der Waals surface area (Å²) >= 11 is 0. The molecular formula is C11H19N3O3. The van der Waals surface area contributed by atoms with E-state index in [1.165, 1.54) is 0 Å². The van der Waals surface area contributed by atoms with Gasteiger partial charge in [0.1, 0.15) is 12.1 Å². The molecule has 0 saturated carbocycles. The van der Waals surface area contributed by atoms with Gasteiger partial charge >= 0.3 is 6.03 Å². The summed E-state index contributed by atoms with van der Waals surface area (Å²) in [7, 11) is 0. The lowest BCUT2D eigenvalue weighted by Gasteiger charge is -2.16. The van der Waals surface area contributed by atoms with Crippen LogP contribution >= 0.6 is 0 Å². The number of carbonyl (C=O) groups excluding carboxylic acids is 3. The summed E-state index contributed by atoms with van der Waals surface area (Å²) in [6.45, 7) is 7.47. The molecule has 6 heteroatoms. The third kappa shape index (κ3) is 3.18. The van der Waals surface area contributed by atoms with E-state index in [0.717, 1.165) is 4.90 Å². The summed E-state index contributed by atoms with van der Waals surface area (Å²) in [5, 5.41) is 5.19. The monoisotopic (exact) mass is 241 g/mol. The van der Waals surface area contributed by atoms with Crippen molar-refractivity contribution in [1.82, 2.24) is 15.5 Å². The zero-order valence-electron chi connectivity index (χ0n) is 10.7. The Morgan fingerprint density at radius 1 is 1.41 bits per heavy atom. The van der Waals surface area contributed by atoms with Crippen LogP contribution in [0.4, 0.5) is 4.79 Å². The van der Waals surface area contributed by atoms with Gasteiger partial charge in [-0.15, -0.1) is 0 Å². The van der Waals surface area contributed by atoms with E-state index in [9.17, 15) is 14.4 Å². The first kappa shape index (κ1) is 13.5. The van der Waals surface area contributed by atoms with Crippen LogP contribution in [0.3, 0.4) is 0 Å². The third-order valence-electron chi connectivity index (χ3n) is 2.45. The summed E-state index contributed by atoms with van der Waals surface area (Å²) < 4.78 is 0. The highest BCUT2D eigenvalue weighted by Crippen LogP contribution is 2.15. The Balaban J connectivity index is 2.55. The van der Waals surface area contributed by atoms with E-state index in [1.54, 1.807) is 13.8 Å². The molecule has 4 amide bonds. The number of imide groups is 1. The van der Waals surface area contributed by atoms with Crippen molar-refractivity contribution in [1.29, 1.82) is 0 Å². The minimum atomic E-state index is -0.921. The standard InChI is InChI=1S/C11H19N3O3/c1-7(2)5-12-8(15)6-14-9(16)11(3,4)13-10(14)17/h7H,5-6H2,1-4H3,(H,12,15)(H,13,17). The van der Waals surface area contributed by atoms with Gasteiger partial charge < -0.3 is 10.6 Å². The fraction of sp³-hybridized carbons (Fsp3) is 0.727. The van der Waals surface area contributed by atoms with Gasteiger partial charge in [0.2, 0.25) is 5.91 Å². The Morgan fingerprint density at radius 3 is 2.41 bits per heavy atom. The normalized spacial score (nSPS) is 18.5. The van der Waals surface area contributed by atoms with E-state index in [4.69, 9.17) is 0 Å². The molecule has 96 valence electrons. The van der Waals surface area contributed by atoms with Gasteiger partial charge in [0.15, 0.2) is 0 Å². The fourth-order valence-corrected chi connectivity index (χ4v) is 1.48. The summed E-state index contributed by atoms with van der Waals surface area (Å²) in [5.41, 5.74) is -0.921. The summed E-state index contributed by atoms with van der Waals surface area (Å²) in [6.07, 6.45) is 0. The van der Waals surface area contributed by atoms with E-state index in [1.807, 2.05) is 13.8 Å². The Morgan fingerprint density at radius 2 is 2.00 bits per heavy atom. The van der Waals surface area contributed by atoms with E-state index >= 15 is 0 Å². The first-order valence-electron chi connectivity index (χ1n) is 5.65. The molecule has 1 fully saturated rings. The van der Waals surface area contributed by atoms with Crippen molar-refractivity contribution in [3.63, 3.8) is 0 Å². The number of amides is 4. The van der Waals surface area contributed by atoms with Gasteiger partial charge in [0.05, 0.1) is 0 Å². The van der Waals surface area contributed by atoms with Crippen LogP contribution in [0.2, 0.25) is 0 Å². The van der Waals surface area contributed by atoms with Crippen molar-refractivity contribution in [3.8, 4) is 0 Å². The van der Waals surface area contributed by atoms with Crippen molar-refractivity contribution in [2.75, 3.05) is 13.1 Å². The van der Waals surface area contributed by atoms with Crippen LogP contribution in [0.25, 0.3) is 0 Å². The molecule has 6 nitrogen and oxygen atoms in total. The highest BCUT2D eigenvalue weighted by Gasteiger charge is 2.44. The molecule has 1 saturated heterocycles. The molecule has 0 aromatic heterocycles. The van der Waals surface area contributed by atoms with Crippen LogP contribution in [0.1, 0.15) is 27.7 Å². The Kier molecular flexibility index (Phi) is 3.75. The lowest BCUT2D eigenvalue weighted by Crippen LogP contribution is -2.43. The Bertz CT molecular complexity index is 350. The molecule has 0 radical (unpaired) electrons. The van der Waals surface area contributed by atoms with Crippen molar-refractivity contribution >= 4 is 17.8 Å². The maximum absolute atomic E-state index is 11.8. The number of urea groups is 1. The predicted molar refractivity (Wildman–Crippen MR) is 62.2 cm³/mol. The number of nitrogens with one attached hydrogen (secondary N) is 2. The molecule has 0 unspecified atom stereocenters. The molecule has 0 atom stereocenters. The van der Waals surface area contributed by atoms with Crippen molar-refractivity contribution in [2.24, 2.45) is 5.92 Å². The molecule has 0 aromatic carbocycles. The lowest BCUT2D eigenvalue weighted by molar-refractivity contribution is -0.134. The molecule has 0 aliphatic carbocycles. The zero-order valence-corrected chi connectivity index (χ0v) is 10.7. The second-order valence-corrected chi connectivity index (χ2v) is 5.14. The number of carbonyl (C=O) groups is 3. The van der Waals surface area contributed by atoms with Gasteiger partial charge in [-0.2, -0.15) is 0 Å². The Hall–Kier alpha value is -1.59. The SMILES string of the molecule is CC(C)CNC(=O)CN1C(=O)NC(C)(C)C1=O. The quantitative estimate of drug-likeness (QED) is 0.685. The number of hydrogen-bond donors (Lipinski definition) is 2. The third-order valence-corrected chi connectivity index (χ3v) is 2.45. The molecule has 2 N–H and O–H groups in total. The van der Waals surface area contributed by atoms with Crippen LogP contribution in [-0.2, 0) is 9.59 Å². The number of rotatable bonds is 4. The summed E-state index contributed by atoms with van der Waals surface area (Å²) in [5.74, 6) is -0.361. The van der Waals surface area contributed by atoms with Gasteiger partial charge in [-0.1, -0.05) is 13.8 Å². The second kappa shape index (κ2) is 4.73. The first-order chi connectivity index (χ1) is 7.74. The maximum atomic E-state index is 11.8. The molecule has 1 aliphatic rings.